The molecule has 19 heavy (non-hydrogen) atoms. The standard InChI is InChI=1S/C14H19BrN2O2/c15-10-7-6-9(8-11(10)16)14(19)17-12-4-2-1-3-5-13(12)18/h6-8,12-13,18H,1-5,16H2,(H,17,19). The first-order valence-electron chi connectivity index (χ1n) is 6.62. The van der Waals surface area contributed by atoms with Crippen molar-refractivity contribution in [1.29, 1.82) is 0 Å². The molecule has 4 N–H and O–H groups in total. The maximum Gasteiger partial charge on any atom is 0.251 e. The van der Waals surface area contributed by atoms with Gasteiger partial charge in [0.05, 0.1) is 12.1 Å². The molecule has 5 heteroatoms. The van der Waals surface area contributed by atoms with Crippen LogP contribution in [0, 0.1) is 0 Å². The van der Waals surface area contributed by atoms with Crippen LogP contribution in [0.4, 0.5) is 5.69 Å². The molecule has 0 spiro atoms. The lowest BCUT2D eigenvalue weighted by Crippen LogP contribution is -2.42. The highest BCUT2D eigenvalue weighted by atomic mass is 79.9. The van der Waals surface area contributed by atoms with E-state index in [0.29, 0.717) is 11.3 Å². The number of hydrogen-bond donors (Lipinski definition) is 3. The van der Waals surface area contributed by atoms with Crippen molar-refractivity contribution in [2.24, 2.45) is 0 Å². The Labute approximate surface area is 121 Å². The van der Waals surface area contributed by atoms with Gasteiger partial charge < -0.3 is 16.2 Å². The summed E-state index contributed by atoms with van der Waals surface area (Å²) in [5.74, 6) is -0.176. The lowest BCUT2D eigenvalue weighted by molar-refractivity contribution is 0.0819. The molecule has 1 fully saturated rings. The van der Waals surface area contributed by atoms with E-state index >= 15 is 0 Å². The van der Waals surface area contributed by atoms with Gasteiger partial charge in [0.15, 0.2) is 0 Å². The first-order valence-corrected chi connectivity index (χ1v) is 7.41. The maximum atomic E-state index is 12.1. The Bertz CT molecular complexity index is 465. The average Bonchev–Trinajstić information content (AvgIpc) is 2.58. The first-order chi connectivity index (χ1) is 9.08. The van der Waals surface area contributed by atoms with Crippen molar-refractivity contribution in [3.8, 4) is 0 Å². The molecule has 1 aliphatic carbocycles. The van der Waals surface area contributed by atoms with Crippen LogP contribution in [-0.2, 0) is 0 Å². The molecule has 1 aromatic rings. The molecule has 0 heterocycles. The molecule has 0 saturated heterocycles. The van der Waals surface area contributed by atoms with Crippen molar-refractivity contribution in [3.05, 3.63) is 28.2 Å². The zero-order chi connectivity index (χ0) is 13.8. The van der Waals surface area contributed by atoms with Gasteiger partial charge in [-0.3, -0.25) is 4.79 Å². The minimum absolute atomic E-state index is 0.153. The summed E-state index contributed by atoms with van der Waals surface area (Å²) >= 11 is 3.30. The molecule has 0 aromatic heterocycles. The van der Waals surface area contributed by atoms with Crippen LogP contribution < -0.4 is 11.1 Å². The zero-order valence-electron chi connectivity index (χ0n) is 10.7. The van der Waals surface area contributed by atoms with Crippen molar-refractivity contribution < 1.29 is 9.90 Å². The maximum absolute atomic E-state index is 12.1. The fourth-order valence-electron chi connectivity index (χ4n) is 2.39. The average molecular weight is 327 g/mol. The predicted octanol–water partition coefficient (Wildman–Crippen LogP) is 2.45. The molecule has 0 bridgehead atoms. The monoisotopic (exact) mass is 326 g/mol. The third kappa shape index (κ3) is 3.70. The summed E-state index contributed by atoms with van der Waals surface area (Å²) in [6.45, 7) is 0. The number of aliphatic hydroxyl groups is 1. The fourth-order valence-corrected chi connectivity index (χ4v) is 2.64. The molecular formula is C14H19BrN2O2. The Hall–Kier alpha value is -1.07. The van der Waals surface area contributed by atoms with Crippen LogP contribution in [0.25, 0.3) is 0 Å². The van der Waals surface area contributed by atoms with Crippen LogP contribution in [-0.4, -0.2) is 23.2 Å². The number of anilines is 1. The molecule has 1 aliphatic rings. The quantitative estimate of drug-likeness (QED) is 0.577. The number of nitrogen functional groups attached to an aromatic ring is 1. The van der Waals surface area contributed by atoms with Gasteiger partial charge in [0.1, 0.15) is 0 Å². The van der Waals surface area contributed by atoms with Crippen molar-refractivity contribution in [2.75, 3.05) is 5.73 Å². The van der Waals surface area contributed by atoms with Gasteiger partial charge in [-0.25, -0.2) is 0 Å². The summed E-state index contributed by atoms with van der Waals surface area (Å²) in [6.07, 6.45) is 4.34. The highest BCUT2D eigenvalue weighted by Crippen LogP contribution is 2.21. The lowest BCUT2D eigenvalue weighted by atomic mass is 10.1. The van der Waals surface area contributed by atoms with E-state index in [0.717, 1.165) is 36.6 Å². The van der Waals surface area contributed by atoms with E-state index in [9.17, 15) is 9.90 Å². The normalized spacial score (nSPS) is 23.7. The van der Waals surface area contributed by atoms with E-state index in [1.54, 1.807) is 18.2 Å². The fraction of sp³-hybridized carbons (Fsp3) is 0.500. The zero-order valence-corrected chi connectivity index (χ0v) is 12.3. The number of aliphatic hydroxyl groups excluding tert-OH is 1. The SMILES string of the molecule is Nc1cc(C(=O)NC2CCCCCC2O)ccc1Br. The molecule has 2 atom stereocenters. The van der Waals surface area contributed by atoms with E-state index in [2.05, 4.69) is 21.2 Å². The number of amides is 1. The Morgan fingerprint density at radius 3 is 2.79 bits per heavy atom. The number of hydrogen-bond acceptors (Lipinski definition) is 3. The van der Waals surface area contributed by atoms with Crippen molar-refractivity contribution >= 4 is 27.5 Å². The van der Waals surface area contributed by atoms with E-state index in [1.807, 2.05) is 0 Å². The largest absolute Gasteiger partial charge is 0.398 e. The minimum atomic E-state index is -0.445. The molecule has 1 aromatic carbocycles. The van der Waals surface area contributed by atoms with E-state index in [1.165, 1.54) is 0 Å². The molecule has 2 rings (SSSR count). The number of carbonyl (C=O) groups is 1. The highest BCUT2D eigenvalue weighted by Gasteiger charge is 2.23. The molecule has 104 valence electrons. The van der Waals surface area contributed by atoms with Crippen LogP contribution in [0.1, 0.15) is 42.5 Å². The number of nitrogens with two attached hydrogens (primary N) is 1. The second-order valence-electron chi connectivity index (χ2n) is 5.02. The van der Waals surface area contributed by atoms with Gasteiger partial charge in [-0.1, -0.05) is 19.3 Å². The summed E-state index contributed by atoms with van der Waals surface area (Å²) in [6, 6.07) is 4.97. The molecule has 1 saturated carbocycles. The van der Waals surface area contributed by atoms with E-state index < -0.39 is 6.10 Å². The smallest absolute Gasteiger partial charge is 0.251 e. The lowest BCUT2D eigenvalue weighted by Gasteiger charge is -2.21. The Kier molecular flexibility index (Phi) is 4.82. The molecule has 0 radical (unpaired) electrons. The van der Waals surface area contributed by atoms with Gasteiger partial charge in [-0.15, -0.1) is 0 Å². The van der Waals surface area contributed by atoms with Crippen molar-refractivity contribution in [1.82, 2.24) is 5.32 Å². The molecule has 1 amide bonds. The van der Waals surface area contributed by atoms with Crippen LogP contribution in [0.15, 0.2) is 22.7 Å². The van der Waals surface area contributed by atoms with Crippen molar-refractivity contribution in [3.63, 3.8) is 0 Å². The minimum Gasteiger partial charge on any atom is -0.398 e. The summed E-state index contributed by atoms with van der Waals surface area (Å²) in [7, 11) is 0. The van der Waals surface area contributed by atoms with E-state index in [-0.39, 0.29) is 11.9 Å². The van der Waals surface area contributed by atoms with Crippen LogP contribution in [0.3, 0.4) is 0 Å². The Balaban J connectivity index is 2.05. The molecule has 0 aliphatic heterocycles. The number of nitrogens with one attached hydrogen (secondary N) is 1. The van der Waals surface area contributed by atoms with Crippen LogP contribution >= 0.6 is 15.9 Å². The second-order valence-corrected chi connectivity index (χ2v) is 5.88. The molecule has 2 unspecified atom stereocenters. The van der Waals surface area contributed by atoms with Crippen molar-refractivity contribution in [2.45, 2.75) is 44.2 Å². The number of carbonyl (C=O) groups excluding carboxylic acids is 1. The van der Waals surface area contributed by atoms with Gasteiger partial charge in [0.25, 0.3) is 5.91 Å². The molecular weight excluding hydrogens is 308 g/mol. The topological polar surface area (TPSA) is 75.4 Å². The molecule has 4 nitrogen and oxygen atoms in total. The van der Waals surface area contributed by atoms with Gasteiger partial charge in [0, 0.05) is 15.7 Å². The Morgan fingerprint density at radius 1 is 1.32 bits per heavy atom. The van der Waals surface area contributed by atoms with E-state index in [4.69, 9.17) is 5.73 Å². The number of rotatable bonds is 2. The van der Waals surface area contributed by atoms with Gasteiger partial charge in [-0.2, -0.15) is 0 Å². The first kappa shape index (κ1) is 14.3. The van der Waals surface area contributed by atoms with Gasteiger partial charge in [-0.05, 0) is 47.0 Å². The summed E-state index contributed by atoms with van der Waals surface area (Å²) in [4.78, 5) is 12.1. The third-order valence-electron chi connectivity index (χ3n) is 3.55. The summed E-state index contributed by atoms with van der Waals surface area (Å²) in [5.41, 5.74) is 6.83. The van der Waals surface area contributed by atoms with Gasteiger partial charge >= 0.3 is 0 Å². The van der Waals surface area contributed by atoms with Crippen LogP contribution in [0.5, 0.6) is 0 Å². The number of halogens is 1. The summed E-state index contributed by atoms with van der Waals surface area (Å²) < 4.78 is 0.776. The summed E-state index contributed by atoms with van der Waals surface area (Å²) in [5, 5.41) is 12.9. The van der Waals surface area contributed by atoms with Crippen LogP contribution in [0.2, 0.25) is 0 Å². The highest BCUT2D eigenvalue weighted by molar-refractivity contribution is 9.10. The second kappa shape index (κ2) is 6.39. The van der Waals surface area contributed by atoms with Gasteiger partial charge in [0.2, 0.25) is 0 Å². The third-order valence-corrected chi connectivity index (χ3v) is 4.28. The number of benzene rings is 1. The predicted molar refractivity (Wildman–Crippen MR) is 78.9 cm³/mol. The Morgan fingerprint density at radius 2 is 2.05 bits per heavy atom.